The fourth-order valence-electron chi connectivity index (χ4n) is 2.39. The van der Waals surface area contributed by atoms with Gasteiger partial charge in [-0.15, -0.1) is 0 Å². The minimum Gasteiger partial charge on any atom is -0.316 e. The van der Waals surface area contributed by atoms with Gasteiger partial charge in [0.05, 0.1) is 0 Å². The molecule has 1 nitrogen and oxygen atoms in total. The number of nitrogens with one attached hydrogen (secondary N) is 1. The van der Waals surface area contributed by atoms with Crippen molar-refractivity contribution in [2.45, 2.75) is 19.3 Å². The minimum atomic E-state index is -0.161. The number of rotatable bonds is 5. The van der Waals surface area contributed by atoms with Crippen LogP contribution in [0.1, 0.15) is 18.4 Å². The molecule has 3 rings (SSSR count). The van der Waals surface area contributed by atoms with Gasteiger partial charge in [-0.1, -0.05) is 24.3 Å². The first kappa shape index (κ1) is 11.7. The predicted octanol–water partition coefficient (Wildman–Crippen LogP) is 3.52. The third-order valence-electron chi connectivity index (χ3n) is 3.63. The van der Waals surface area contributed by atoms with Crippen LogP contribution in [0.15, 0.2) is 36.4 Å². The van der Waals surface area contributed by atoms with E-state index < -0.39 is 0 Å². The van der Waals surface area contributed by atoms with Crippen LogP contribution in [-0.4, -0.2) is 13.1 Å². The maximum absolute atomic E-state index is 13.2. The van der Waals surface area contributed by atoms with Crippen molar-refractivity contribution in [1.82, 2.24) is 5.32 Å². The van der Waals surface area contributed by atoms with E-state index in [0.29, 0.717) is 0 Å². The number of hydrogen-bond acceptors (Lipinski definition) is 1. The third-order valence-corrected chi connectivity index (χ3v) is 3.63. The van der Waals surface area contributed by atoms with Gasteiger partial charge in [0.25, 0.3) is 0 Å². The lowest BCUT2D eigenvalue weighted by atomic mass is 10.0. The lowest BCUT2D eigenvalue weighted by Crippen LogP contribution is -2.19. The molecule has 0 atom stereocenters. The van der Waals surface area contributed by atoms with Crippen molar-refractivity contribution in [2.75, 3.05) is 13.1 Å². The highest BCUT2D eigenvalue weighted by Gasteiger charge is 2.19. The molecule has 2 heteroatoms. The molecule has 1 N–H and O–H groups in total. The van der Waals surface area contributed by atoms with Gasteiger partial charge in [-0.05, 0) is 66.7 Å². The van der Waals surface area contributed by atoms with Crippen molar-refractivity contribution in [2.24, 2.45) is 5.92 Å². The summed E-state index contributed by atoms with van der Waals surface area (Å²) in [6.45, 7) is 2.16. The van der Waals surface area contributed by atoms with E-state index in [1.165, 1.54) is 23.8 Å². The highest BCUT2D eigenvalue weighted by atomic mass is 19.1. The van der Waals surface area contributed by atoms with Gasteiger partial charge in [-0.3, -0.25) is 0 Å². The van der Waals surface area contributed by atoms with Gasteiger partial charge < -0.3 is 5.32 Å². The normalized spacial score (nSPS) is 15.2. The van der Waals surface area contributed by atoms with Crippen molar-refractivity contribution in [3.05, 3.63) is 47.8 Å². The van der Waals surface area contributed by atoms with Crippen LogP contribution in [0, 0.1) is 11.7 Å². The average molecular weight is 243 g/mol. The zero-order valence-corrected chi connectivity index (χ0v) is 10.5. The van der Waals surface area contributed by atoms with Crippen LogP contribution in [0.3, 0.4) is 0 Å². The average Bonchev–Trinajstić information content (AvgIpc) is 3.18. The van der Waals surface area contributed by atoms with Gasteiger partial charge in [0.1, 0.15) is 5.82 Å². The van der Waals surface area contributed by atoms with Gasteiger partial charge in [0.15, 0.2) is 0 Å². The van der Waals surface area contributed by atoms with Crippen LogP contribution in [0.2, 0.25) is 0 Å². The fourth-order valence-corrected chi connectivity index (χ4v) is 2.39. The standard InChI is InChI=1S/C16H18FN/c17-15-6-7-16-13(2-1-3-14(16)10-15)8-9-18-11-12-4-5-12/h1-3,6-7,10,12,18H,4-5,8-9,11H2. The first-order valence-corrected chi connectivity index (χ1v) is 6.71. The molecule has 0 radical (unpaired) electrons. The molecule has 18 heavy (non-hydrogen) atoms. The Labute approximate surface area is 107 Å². The largest absolute Gasteiger partial charge is 0.316 e. The van der Waals surface area contributed by atoms with Crippen LogP contribution >= 0.6 is 0 Å². The van der Waals surface area contributed by atoms with E-state index in [1.54, 1.807) is 12.1 Å². The molecule has 0 aromatic heterocycles. The summed E-state index contributed by atoms with van der Waals surface area (Å²) >= 11 is 0. The summed E-state index contributed by atoms with van der Waals surface area (Å²) in [6.07, 6.45) is 3.79. The monoisotopic (exact) mass is 243 g/mol. The van der Waals surface area contributed by atoms with E-state index in [-0.39, 0.29) is 5.82 Å². The second-order valence-corrected chi connectivity index (χ2v) is 5.18. The fraction of sp³-hybridized carbons (Fsp3) is 0.375. The minimum absolute atomic E-state index is 0.161. The first-order chi connectivity index (χ1) is 8.83. The molecule has 2 aromatic carbocycles. The summed E-state index contributed by atoms with van der Waals surface area (Å²) < 4.78 is 13.2. The lowest BCUT2D eigenvalue weighted by molar-refractivity contribution is 0.629. The number of benzene rings is 2. The zero-order valence-electron chi connectivity index (χ0n) is 10.5. The second kappa shape index (κ2) is 5.07. The highest BCUT2D eigenvalue weighted by molar-refractivity contribution is 5.85. The molecule has 94 valence electrons. The van der Waals surface area contributed by atoms with Crippen LogP contribution in [0.4, 0.5) is 4.39 Å². The lowest BCUT2D eigenvalue weighted by Gasteiger charge is -2.07. The van der Waals surface area contributed by atoms with Crippen LogP contribution in [0.5, 0.6) is 0 Å². The molecule has 1 aliphatic rings. The molecule has 0 saturated heterocycles. The SMILES string of the molecule is Fc1ccc2c(CCNCC3CC3)cccc2c1. The Morgan fingerprint density at radius 3 is 2.89 bits per heavy atom. The van der Waals surface area contributed by atoms with Crippen molar-refractivity contribution >= 4 is 10.8 Å². The zero-order chi connectivity index (χ0) is 12.4. The topological polar surface area (TPSA) is 12.0 Å². The van der Waals surface area contributed by atoms with Gasteiger partial charge in [-0.25, -0.2) is 4.39 Å². The Bertz CT molecular complexity index is 546. The number of hydrogen-bond donors (Lipinski definition) is 1. The molecule has 1 saturated carbocycles. The maximum atomic E-state index is 13.2. The highest BCUT2D eigenvalue weighted by Crippen LogP contribution is 2.27. The van der Waals surface area contributed by atoms with Crippen LogP contribution in [-0.2, 0) is 6.42 Å². The smallest absolute Gasteiger partial charge is 0.123 e. The van der Waals surface area contributed by atoms with E-state index in [1.807, 2.05) is 18.2 Å². The molecule has 1 fully saturated rings. The molecule has 0 amide bonds. The Balaban J connectivity index is 1.70. The summed E-state index contributed by atoms with van der Waals surface area (Å²) in [4.78, 5) is 0. The molecule has 0 spiro atoms. The molecular formula is C16H18FN. The van der Waals surface area contributed by atoms with E-state index in [9.17, 15) is 4.39 Å². The molecule has 0 unspecified atom stereocenters. The quantitative estimate of drug-likeness (QED) is 0.792. The predicted molar refractivity (Wildman–Crippen MR) is 73.2 cm³/mol. The van der Waals surface area contributed by atoms with E-state index in [0.717, 1.165) is 30.8 Å². The van der Waals surface area contributed by atoms with Gasteiger partial charge >= 0.3 is 0 Å². The summed E-state index contributed by atoms with van der Waals surface area (Å²) in [5, 5.41) is 5.67. The summed E-state index contributed by atoms with van der Waals surface area (Å²) in [5.74, 6) is 0.762. The third kappa shape index (κ3) is 2.70. The Hall–Kier alpha value is -1.41. The van der Waals surface area contributed by atoms with Gasteiger partial charge in [0, 0.05) is 0 Å². The maximum Gasteiger partial charge on any atom is 0.123 e. The van der Waals surface area contributed by atoms with E-state index >= 15 is 0 Å². The van der Waals surface area contributed by atoms with Gasteiger partial charge in [-0.2, -0.15) is 0 Å². The summed E-state index contributed by atoms with van der Waals surface area (Å²) in [7, 11) is 0. The number of halogens is 1. The Morgan fingerprint density at radius 2 is 2.06 bits per heavy atom. The molecule has 1 aliphatic carbocycles. The second-order valence-electron chi connectivity index (χ2n) is 5.18. The van der Waals surface area contributed by atoms with Gasteiger partial charge in [0.2, 0.25) is 0 Å². The van der Waals surface area contributed by atoms with Crippen molar-refractivity contribution < 1.29 is 4.39 Å². The molecule has 2 aromatic rings. The van der Waals surface area contributed by atoms with Crippen molar-refractivity contribution in [3.8, 4) is 0 Å². The first-order valence-electron chi connectivity index (χ1n) is 6.71. The van der Waals surface area contributed by atoms with Crippen LogP contribution < -0.4 is 5.32 Å². The van der Waals surface area contributed by atoms with E-state index in [2.05, 4.69) is 11.4 Å². The molecule has 0 aliphatic heterocycles. The van der Waals surface area contributed by atoms with Crippen LogP contribution in [0.25, 0.3) is 10.8 Å². The molecular weight excluding hydrogens is 225 g/mol. The number of fused-ring (bicyclic) bond motifs is 1. The summed E-state index contributed by atoms with van der Waals surface area (Å²) in [5.41, 5.74) is 1.30. The van der Waals surface area contributed by atoms with Crippen molar-refractivity contribution in [1.29, 1.82) is 0 Å². The van der Waals surface area contributed by atoms with Crippen molar-refractivity contribution in [3.63, 3.8) is 0 Å². The Morgan fingerprint density at radius 1 is 1.17 bits per heavy atom. The van der Waals surface area contributed by atoms with E-state index in [4.69, 9.17) is 0 Å². The Kier molecular flexibility index (Phi) is 3.28. The molecule has 0 heterocycles. The summed E-state index contributed by atoms with van der Waals surface area (Å²) in [6, 6.07) is 11.2. The molecule has 0 bridgehead atoms.